The van der Waals surface area contributed by atoms with Gasteiger partial charge < -0.3 is 24.6 Å². The lowest BCUT2D eigenvalue weighted by Gasteiger charge is -2.20. The zero-order valence-electron chi connectivity index (χ0n) is 18.1. The Bertz CT molecular complexity index is 1060. The molecule has 0 saturated carbocycles. The topological polar surface area (TPSA) is 98.5 Å². The lowest BCUT2D eigenvalue weighted by Crippen LogP contribution is -2.29. The molecule has 0 radical (unpaired) electrons. The van der Waals surface area contributed by atoms with Gasteiger partial charge in [-0.2, -0.15) is 4.98 Å². The lowest BCUT2D eigenvalue weighted by atomic mass is 9.93. The maximum atomic E-state index is 12.6. The predicted octanol–water partition coefficient (Wildman–Crippen LogP) is 5.03. The fourth-order valence-corrected chi connectivity index (χ4v) is 3.49. The van der Waals surface area contributed by atoms with Gasteiger partial charge in [0.2, 0.25) is 18.5 Å². The molecule has 0 fully saturated rings. The number of amides is 2. The Balaban J connectivity index is 1.42. The molecule has 0 bridgehead atoms. The van der Waals surface area contributed by atoms with E-state index in [1.54, 1.807) is 12.1 Å². The van der Waals surface area contributed by atoms with E-state index in [9.17, 15) is 4.79 Å². The first-order chi connectivity index (χ1) is 14.9. The van der Waals surface area contributed by atoms with Crippen LogP contribution < -0.4 is 20.1 Å². The van der Waals surface area contributed by atoms with Crippen molar-refractivity contribution in [3.05, 3.63) is 53.4 Å². The second kappa shape index (κ2) is 8.67. The number of carbonyl (C=O) groups is 1. The van der Waals surface area contributed by atoms with Crippen molar-refractivity contribution in [2.75, 3.05) is 12.1 Å². The average Bonchev–Trinajstić information content (AvgIpc) is 3.40. The van der Waals surface area contributed by atoms with Crippen molar-refractivity contribution in [2.24, 2.45) is 0 Å². The van der Waals surface area contributed by atoms with Crippen molar-refractivity contribution < 1.29 is 18.8 Å². The van der Waals surface area contributed by atoms with Gasteiger partial charge in [-0.3, -0.25) is 0 Å². The third-order valence-corrected chi connectivity index (χ3v) is 5.11. The zero-order chi connectivity index (χ0) is 22.0. The Morgan fingerprint density at radius 2 is 1.74 bits per heavy atom. The molecule has 4 rings (SSSR count). The van der Waals surface area contributed by atoms with Gasteiger partial charge in [-0.25, -0.2) is 4.79 Å². The summed E-state index contributed by atoms with van der Waals surface area (Å²) in [5.74, 6) is 2.63. The van der Waals surface area contributed by atoms with Crippen LogP contribution in [0.2, 0.25) is 0 Å². The fraction of sp³-hybridized carbons (Fsp3) is 0.348. The van der Waals surface area contributed by atoms with Crippen molar-refractivity contribution in [1.29, 1.82) is 0 Å². The normalized spacial score (nSPS) is 12.5. The highest BCUT2D eigenvalue weighted by Crippen LogP contribution is 2.35. The minimum Gasteiger partial charge on any atom is -0.454 e. The molecular weight excluding hydrogens is 396 g/mol. The van der Waals surface area contributed by atoms with Crippen molar-refractivity contribution in [2.45, 2.75) is 46.1 Å². The van der Waals surface area contributed by atoms with Crippen LogP contribution in [0.15, 0.2) is 40.9 Å². The van der Waals surface area contributed by atoms with Crippen molar-refractivity contribution in [1.82, 2.24) is 15.5 Å². The smallest absolute Gasteiger partial charge is 0.319 e. The summed E-state index contributed by atoms with van der Waals surface area (Å²) < 4.78 is 16.0. The molecule has 0 aliphatic carbocycles. The number of urea groups is 1. The largest absolute Gasteiger partial charge is 0.454 e. The Morgan fingerprint density at radius 1 is 1.03 bits per heavy atom. The highest BCUT2D eigenvalue weighted by atomic mass is 16.7. The number of rotatable bonds is 6. The van der Waals surface area contributed by atoms with E-state index in [1.165, 1.54) is 0 Å². The van der Waals surface area contributed by atoms with Crippen LogP contribution in [0.3, 0.4) is 0 Å². The average molecular weight is 422 g/mol. The Hall–Kier alpha value is -3.55. The monoisotopic (exact) mass is 422 g/mol. The van der Waals surface area contributed by atoms with Gasteiger partial charge in [0.25, 0.3) is 0 Å². The summed E-state index contributed by atoms with van der Waals surface area (Å²) in [6.45, 7) is 8.76. The van der Waals surface area contributed by atoms with Crippen LogP contribution in [-0.2, 0) is 6.54 Å². The molecule has 1 aliphatic rings. The van der Waals surface area contributed by atoms with Gasteiger partial charge >= 0.3 is 6.03 Å². The number of anilines is 1. The Morgan fingerprint density at radius 3 is 2.45 bits per heavy atom. The molecule has 31 heavy (non-hydrogen) atoms. The maximum Gasteiger partial charge on any atom is 0.319 e. The van der Waals surface area contributed by atoms with E-state index < -0.39 is 0 Å². The minimum absolute atomic E-state index is 0.115. The minimum atomic E-state index is -0.321. The maximum absolute atomic E-state index is 12.6. The number of para-hydroxylation sites is 1. The molecule has 8 nitrogen and oxygen atoms in total. The number of ether oxygens (including phenoxy) is 2. The van der Waals surface area contributed by atoms with E-state index in [0.29, 0.717) is 23.2 Å². The number of carbonyl (C=O) groups excluding carboxylic acids is 1. The quantitative estimate of drug-likeness (QED) is 0.578. The van der Waals surface area contributed by atoms with E-state index >= 15 is 0 Å². The molecule has 2 amide bonds. The van der Waals surface area contributed by atoms with Crippen molar-refractivity contribution in [3.8, 4) is 22.9 Å². The van der Waals surface area contributed by atoms with Gasteiger partial charge in [0.1, 0.15) is 0 Å². The van der Waals surface area contributed by atoms with Crippen LogP contribution in [0.1, 0.15) is 56.5 Å². The summed E-state index contributed by atoms with van der Waals surface area (Å²) in [5.41, 5.74) is 3.81. The van der Waals surface area contributed by atoms with Gasteiger partial charge in [-0.15, -0.1) is 0 Å². The van der Waals surface area contributed by atoms with E-state index in [0.717, 1.165) is 22.4 Å². The number of aromatic nitrogens is 2. The second-order valence-electron chi connectivity index (χ2n) is 8.01. The number of fused-ring (bicyclic) bond motifs is 1. The first kappa shape index (κ1) is 20.7. The van der Waals surface area contributed by atoms with Gasteiger partial charge in [-0.1, -0.05) is 51.1 Å². The zero-order valence-corrected chi connectivity index (χ0v) is 18.1. The van der Waals surface area contributed by atoms with Crippen molar-refractivity contribution in [3.63, 3.8) is 0 Å². The first-order valence-corrected chi connectivity index (χ1v) is 10.3. The summed E-state index contributed by atoms with van der Waals surface area (Å²) in [4.78, 5) is 17.0. The Kier molecular flexibility index (Phi) is 5.79. The highest BCUT2D eigenvalue weighted by Gasteiger charge is 2.18. The summed E-state index contributed by atoms with van der Waals surface area (Å²) in [6.07, 6.45) is 0. The van der Waals surface area contributed by atoms with E-state index in [-0.39, 0.29) is 31.2 Å². The predicted molar refractivity (Wildman–Crippen MR) is 116 cm³/mol. The van der Waals surface area contributed by atoms with E-state index in [4.69, 9.17) is 14.0 Å². The first-order valence-electron chi connectivity index (χ1n) is 10.3. The number of hydrogen-bond acceptors (Lipinski definition) is 6. The molecule has 2 heterocycles. The molecule has 0 unspecified atom stereocenters. The number of nitrogens with one attached hydrogen (secondary N) is 2. The highest BCUT2D eigenvalue weighted by molar-refractivity contribution is 5.91. The Labute approximate surface area is 180 Å². The molecule has 2 aromatic carbocycles. The van der Waals surface area contributed by atoms with Crippen LogP contribution in [-0.4, -0.2) is 23.0 Å². The van der Waals surface area contributed by atoms with Gasteiger partial charge in [0.05, 0.1) is 6.54 Å². The van der Waals surface area contributed by atoms with Crippen molar-refractivity contribution >= 4 is 11.7 Å². The standard InChI is InChI=1S/C23H26N4O4/c1-13(2)16-6-5-7-17(14(3)4)21(16)26-23(28)24-11-20-25-22(27-31-20)15-8-9-18-19(10-15)30-12-29-18/h5-10,13-14H,11-12H2,1-4H3,(H2,24,26,28). The molecule has 0 spiro atoms. The summed E-state index contributed by atoms with van der Waals surface area (Å²) in [6, 6.07) is 11.2. The SMILES string of the molecule is CC(C)c1cccc(C(C)C)c1NC(=O)NCc1nc(-c2ccc3c(c2)OCO3)no1. The summed E-state index contributed by atoms with van der Waals surface area (Å²) in [5, 5.41) is 9.80. The van der Waals surface area contributed by atoms with Gasteiger partial charge in [0, 0.05) is 11.3 Å². The molecule has 0 saturated heterocycles. The molecule has 162 valence electrons. The van der Waals surface area contributed by atoms with Crippen LogP contribution in [0.5, 0.6) is 11.5 Å². The molecular formula is C23H26N4O4. The molecule has 1 aliphatic heterocycles. The van der Waals surface area contributed by atoms with Crippen LogP contribution in [0, 0.1) is 0 Å². The molecule has 8 heteroatoms. The summed E-state index contributed by atoms with van der Waals surface area (Å²) in [7, 11) is 0. The van der Waals surface area contributed by atoms with Crippen LogP contribution >= 0.6 is 0 Å². The molecule has 3 aromatic rings. The lowest BCUT2D eigenvalue weighted by molar-refractivity contribution is 0.174. The van der Waals surface area contributed by atoms with E-state index in [1.807, 2.05) is 24.3 Å². The third-order valence-electron chi connectivity index (χ3n) is 5.11. The van der Waals surface area contributed by atoms with Crippen LogP contribution in [0.25, 0.3) is 11.4 Å². The van der Waals surface area contributed by atoms with Gasteiger partial charge in [0.15, 0.2) is 11.5 Å². The fourth-order valence-electron chi connectivity index (χ4n) is 3.49. The number of benzene rings is 2. The second-order valence-corrected chi connectivity index (χ2v) is 8.01. The number of nitrogens with zero attached hydrogens (tertiary/aromatic N) is 2. The summed E-state index contributed by atoms with van der Waals surface area (Å²) >= 11 is 0. The molecule has 1 aromatic heterocycles. The number of hydrogen-bond donors (Lipinski definition) is 2. The molecule has 0 atom stereocenters. The van der Waals surface area contributed by atoms with E-state index in [2.05, 4.69) is 48.5 Å². The van der Waals surface area contributed by atoms with Crippen LogP contribution in [0.4, 0.5) is 10.5 Å². The molecule has 2 N–H and O–H groups in total. The van der Waals surface area contributed by atoms with Gasteiger partial charge in [-0.05, 0) is 41.2 Å². The third kappa shape index (κ3) is 4.47.